The van der Waals surface area contributed by atoms with Gasteiger partial charge in [0.15, 0.2) is 9.84 Å². The lowest BCUT2D eigenvalue weighted by Crippen LogP contribution is -2.22. The molecule has 3 nitrogen and oxygen atoms in total. The predicted molar refractivity (Wildman–Crippen MR) is 68.0 cm³/mol. The van der Waals surface area contributed by atoms with E-state index in [0.717, 1.165) is 5.56 Å². The van der Waals surface area contributed by atoms with Gasteiger partial charge < -0.3 is 5.73 Å². The van der Waals surface area contributed by atoms with Crippen LogP contribution in [0.2, 0.25) is 8.67 Å². The van der Waals surface area contributed by atoms with Gasteiger partial charge in [-0.25, -0.2) is 8.42 Å². The highest BCUT2D eigenvalue weighted by atomic mass is 35.5. The molecule has 1 aromatic heterocycles. The van der Waals surface area contributed by atoms with Crippen LogP contribution in [0.25, 0.3) is 0 Å². The summed E-state index contributed by atoms with van der Waals surface area (Å²) in [6, 6.07) is 1.39. The summed E-state index contributed by atoms with van der Waals surface area (Å²) in [6.07, 6.45) is 0.604. The van der Waals surface area contributed by atoms with E-state index in [-0.39, 0.29) is 23.5 Å². The fourth-order valence-corrected chi connectivity index (χ4v) is 5.36. The van der Waals surface area contributed by atoms with E-state index in [1.165, 1.54) is 11.3 Å². The van der Waals surface area contributed by atoms with Gasteiger partial charge in [-0.05, 0) is 18.4 Å². The minimum atomic E-state index is -2.91. The molecule has 2 heterocycles. The number of sulfone groups is 1. The van der Waals surface area contributed by atoms with Crippen molar-refractivity contribution in [3.63, 3.8) is 0 Å². The van der Waals surface area contributed by atoms with Crippen molar-refractivity contribution in [2.24, 2.45) is 11.7 Å². The van der Waals surface area contributed by atoms with E-state index >= 15 is 0 Å². The summed E-state index contributed by atoms with van der Waals surface area (Å²) in [4.78, 5) is 0. The largest absolute Gasteiger partial charge is 0.324 e. The molecule has 0 saturated carbocycles. The Bertz CT molecular complexity index is 498. The maximum absolute atomic E-state index is 11.4. The first kappa shape index (κ1) is 12.6. The lowest BCUT2D eigenvalue weighted by atomic mass is 9.95. The fourth-order valence-electron chi connectivity index (χ4n) is 1.94. The van der Waals surface area contributed by atoms with Crippen molar-refractivity contribution in [1.29, 1.82) is 0 Å². The van der Waals surface area contributed by atoms with Crippen molar-refractivity contribution in [1.82, 2.24) is 0 Å². The van der Waals surface area contributed by atoms with E-state index in [2.05, 4.69) is 0 Å². The monoisotopic (exact) mass is 299 g/mol. The molecule has 1 aliphatic rings. The second-order valence-electron chi connectivity index (χ2n) is 3.97. The van der Waals surface area contributed by atoms with Crippen LogP contribution in [0.5, 0.6) is 0 Å². The molecule has 1 aliphatic heterocycles. The van der Waals surface area contributed by atoms with Gasteiger partial charge in [-0.2, -0.15) is 0 Å². The average Bonchev–Trinajstić information content (AvgIpc) is 2.68. The van der Waals surface area contributed by atoms with Gasteiger partial charge in [-0.15, -0.1) is 11.3 Å². The number of nitrogens with two attached hydrogens (primary N) is 1. The van der Waals surface area contributed by atoms with Crippen molar-refractivity contribution in [3.05, 3.63) is 20.3 Å². The zero-order valence-corrected chi connectivity index (χ0v) is 11.5. The standard InChI is InChI=1S/C9H11Cl2NO2S2/c10-7-3-6(9(11)15-7)8(12)5-1-2-16(13,14)4-5/h3,5,8H,1-2,4,12H2. The third kappa shape index (κ3) is 2.54. The van der Waals surface area contributed by atoms with E-state index in [1.807, 2.05) is 0 Å². The van der Waals surface area contributed by atoms with Crippen LogP contribution in [-0.4, -0.2) is 19.9 Å². The van der Waals surface area contributed by atoms with E-state index in [4.69, 9.17) is 28.9 Å². The van der Waals surface area contributed by atoms with Crippen LogP contribution in [0, 0.1) is 5.92 Å². The van der Waals surface area contributed by atoms with Crippen LogP contribution < -0.4 is 5.73 Å². The zero-order chi connectivity index (χ0) is 11.9. The second kappa shape index (κ2) is 4.46. The van der Waals surface area contributed by atoms with Crippen LogP contribution in [0.1, 0.15) is 18.0 Å². The number of halogens is 2. The third-order valence-electron chi connectivity index (χ3n) is 2.82. The lowest BCUT2D eigenvalue weighted by Gasteiger charge is -2.16. The maximum Gasteiger partial charge on any atom is 0.150 e. The molecule has 2 atom stereocenters. The smallest absolute Gasteiger partial charge is 0.150 e. The Kier molecular flexibility index (Phi) is 3.52. The highest BCUT2D eigenvalue weighted by molar-refractivity contribution is 7.91. The van der Waals surface area contributed by atoms with Crippen LogP contribution in [0.15, 0.2) is 6.07 Å². The molecule has 16 heavy (non-hydrogen) atoms. The second-order valence-corrected chi connectivity index (χ2v) is 8.48. The minimum Gasteiger partial charge on any atom is -0.324 e. The van der Waals surface area contributed by atoms with Crippen molar-refractivity contribution < 1.29 is 8.42 Å². The van der Waals surface area contributed by atoms with Crippen LogP contribution in [0.4, 0.5) is 0 Å². The summed E-state index contributed by atoms with van der Waals surface area (Å²) in [6.45, 7) is 0. The van der Waals surface area contributed by atoms with E-state index in [1.54, 1.807) is 6.07 Å². The van der Waals surface area contributed by atoms with E-state index < -0.39 is 9.84 Å². The molecule has 0 radical (unpaired) electrons. The van der Waals surface area contributed by atoms with Gasteiger partial charge in [0.2, 0.25) is 0 Å². The summed E-state index contributed by atoms with van der Waals surface area (Å²) in [7, 11) is -2.91. The minimum absolute atomic E-state index is 0.0480. The van der Waals surface area contributed by atoms with Crippen LogP contribution >= 0.6 is 34.5 Å². The summed E-state index contributed by atoms with van der Waals surface area (Å²) in [5.74, 6) is 0.326. The highest BCUT2D eigenvalue weighted by Gasteiger charge is 2.33. The Morgan fingerprint density at radius 2 is 2.19 bits per heavy atom. The van der Waals surface area contributed by atoms with Crippen molar-refractivity contribution in [3.8, 4) is 0 Å². The molecule has 2 unspecified atom stereocenters. The number of hydrogen-bond acceptors (Lipinski definition) is 4. The zero-order valence-electron chi connectivity index (χ0n) is 8.32. The van der Waals surface area contributed by atoms with Crippen LogP contribution in [-0.2, 0) is 9.84 Å². The number of hydrogen-bond donors (Lipinski definition) is 1. The topological polar surface area (TPSA) is 60.2 Å². The third-order valence-corrected chi connectivity index (χ3v) is 6.13. The molecule has 0 bridgehead atoms. The van der Waals surface area contributed by atoms with E-state index in [9.17, 15) is 8.42 Å². The van der Waals surface area contributed by atoms with Gasteiger partial charge in [0, 0.05) is 11.6 Å². The summed E-state index contributed by atoms with van der Waals surface area (Å²) in [5.41, 5.74) is 6.80. The molecule has 7 heteroatoms. The van der Waals surface area contributed by atoms with E-state index in [0.29, 0.717) is 15.1 Å². The van der Waals surface area contributed by atoms with Gasteiger partial charge in [0.25, 0.3) is 0 Å². The summed E-state index contributed by atoms with van der Waals surface area (Å²) < 4.78 is 23.8. The molecule has 1 fully saturated rings. The normalized spacial score (nSPS) is 25.8. The Hall–Kier alpha value is 0.190. The molecule has 0 aliphatic carbocycles. The first-order valence-electron chi connectivity index (χ1n) is 4.80. The van der Waals surface area contributed by atoms with Crippen molar-refractivity contribution >= 4 is 44.4 Å². The Balaban J connectivity index is 2.20. The lowest BCUT2D eigenvalue weighted by molar-refractivity contribution is 0.481. The summed E-state index contributed by atoms with van der Waals surface area (Å²) >= 11 is 13.1. The van der Waals surface area contributed by atoms with Gasteiger partial charge in [0.1, 0.15) is 0 Å². The maximum atomic E-state index is 11.4. The van der Waals surface area contributed by atoms with Gasteiger partial charge >= 0.3 is 0 Å². The van der Waals surface area contributed by atoms with Gasteiger partial charge in [0.05, 0.1) is 20.2 Å². The predicted octanol–water partition coefficient (Wildman–Crippen LogP) is 2.49. The molecule has 1 saturated heterocycles. The Morgan fingerprint density at radius 3 is 2.62 bits per heavy atom. The molecule has 2 rings (SSSR count). The van der Waals surface area contributed by atoms with Crippen molar-refractivity contribution in [2.45, 2.75) is 12.5 Å². The molecule has 90 valence electrons. The first-order valence-corrected chi connectivity index (χ1v) is 8.19. The fraction of sp³-hybridized carbons (Fsp3) is 0.556. The quantitative estimate of drug-likeness (QED) is 0.913. The van der Waals surface area contributed by atoms with Crippen LogP contribution in [0.3, 0.4) is 0 Å². The molecule has 1 aromatic rings. The molecule has 2 N–H and O–H groups in total. The highest BCUT2D eigenvalue weighted by Crippen LogP contribution is 2.39. The first-order chi connectivity index (χ1) is 7.39. The SMILES string of the molecule is NC(c1cc(Cl)sc1Cl)C1CCS(=O)(=O)C1. The average molecular weight is 300 g/mol. The molecular formula is C9H11Cl2NO2S2. The Labute approximate surface area is 108 Å². The number of thiophene rings is 1. The van der Waals surface area contributed by atoms with Gasteiger partial charge in [-0.1, -0.05) is 23.2 Å². The number of rotatable bonds is 2. The molecular weight excluding hydrogens is 289 g/mol. The molecule has 0 spiro atoms. The van der Waals surface area contributed by atoms with Gasteiger partial charge in [-0.3, -0.25) is 0 Å². The summed E-state index contributed by atoms with van der Waals surface area (Å²) in [5, 5.41) is 0. The molecule has 0 amide bonds. The Morgan fingerprint density at radius 1 is 1.50 bits per heavy atom. The molecule has 0 aromatic carbocycles. The van der Waals surface area contributed by atoms with Crippen molar-refractivity contribution in [2.75, 3.05) is 11.5 Å².